The van der Waals surface area contributed by atoms with Crippen molar-refractivity contribution in [2.24, 2.45) is 5.73 Å². The van der Waals surface area contributed by atoms with Gasteiger partial charge in [-0.15, -0.1) is 0 Å². The van der Waals surface area contributed by atoms with Crippen LogP contribution < -0.4 is 11.1 Å². The molecule has 88 valence electrons. The zero-order valence-corrected chi connectivity index (χ0v) is 10.4. The van der Waals surface area contributed by atoms with Crippen LogP contribution in [0.2, 0.25) is 0 Å². The summed E-state index contributed by atoms with van der Waals surface area (Å²) in [6.45, 7) is 2.44. The molecule has 6 nitrogen and oxygen atoms in total. The first-order chi connectivity index (χ1) is 7.50. The van der Waals surface area contributed by atoms with Crippen molar-refractivity contribution in [3.63, 3.8) is 0 Å². The van der Waals surface area contributed by atoms with Crippen LogP contribution in [-0.2, 0) is 0 Å². The summed E-state index contributed by atoms with van der Waals surface area (Å²) in [7, 11) is 0. The van der Waals surface area contributed by atoms with Gasteiger partial charge >= 0.3 is 5.69 Å². The lowest BCUT2D eigenvalue weighted by molar-refractivity contribution is -0.384. The standard InChI is InChI=1S/C9H13BrN4O2/c1-6(11)2-3-12-9-8(14(15)16)4-7(10)5-13-9/h4-6H,2-3,11H2,1H3,(H,12,13). The van der Waals surface area contributed by atoms with Gasteiger partial charge in [0, 0.05) is 29.3 Å². The molecule has 1 rings (SSSR count). The molecular formula is C9H13BrN4O2. The van der Waals surface area contributed by atoms with Crippen molar-refractivity contribution in [1.82, 2.24) is 4.98 Å². The second-order valence-corrected chi connectivity index (χ2v) is 4.39. The number of aromatic nitrogens is 1. The summed E-state index contributed by atoms with van der Waals surface area (Å²) in [6.07, 6.45) is 2.25. The minimum Gasteiger partial charge on any atom is -0.364 e. The Hall–Kier alpha value is -1.21. The molecule has 7 heteroatoms. The van der Waals surface area contributed by atoms with E-state index >= 15 is 0 Å². The first-order valence-corrected chi connectivity index (χ1v) is 5.59. The highest BCUT2D eigenvalue weighted by Crippen LogP contribution is 2.25. The average molecular weight is 289 g/mol. The van der Waals surface area contributed by atoms with E-state index in [0.717, 1.165) is 6.42 Å². The molecule has 1 unspecified atom stereocenters. The van der Waals surface area contributed by atoms with E-state index in [-0.39, 0.29) is 17.5 Å². The van der Waals surface area contributed by atoms with Crippen molar-refractivity contribution in [1.29, 1.82) is 0 Å². The van der Waals surface area contributed by atoms with Gasteiger partial charge in [-0.25, -0.2) is 4.98 Å². The number of nitrogens with one attached hydrogen (secondary N) is 1. The molecule has 0 saturated carbocycles. The van der Waals surface area contributed by atoms with Crippen LogP contribution in [0.15, 0.2) is 16.7 Å². The smallest absolute Gasteiger partial charge is 0.312 e. The fourth-order valence-electron chi connectivity index (χ4n) is 1.12. The van der Waals surface area contributed by atoms with Gasteiger partial charge in [-0.05, 0) is 29.3 Å². The van der Waals surface area contributed by atoms with E-state index in [4.69, 9.17) is 5.73 Å². The van der Waals surface area contributed by atoms with Gasteiger partial charge in [-0.2, -0.15) is 0 Å². The third kappa shape index (κ3) is 3.74. The molecule has 1 heterocycles. The topological polar surface area (TPSA) is 94.1 Å². The molecule has 0 bridgehead atoms. The molecule has 0 spiro atoms. The predicted octanol–water partition coefficient (Wildman–Crippen LogP) is 1.90. The summed E-state index contributed by atoms with van der Waals surface area (Å²) in [5.74, 6) is 0.272. The molecule has 0 aliphatic carbocycles. The number of nitrogens with two attached hydrogens (primary N) is 1. The lowest BCUT2D eigenvalue weighted by Gasteiger charge is -2.07. The third-order valence-electron chi connectivity index (χ3n) is 1.92. The predicted molar refractivity (Wildman–Crippen MR) is 65.3 cm³/mol. The summed E-state index contributed by atoms with van der Waals surface area (Å²) >= 11 is 3.14. The van der Waals surface area contributed by atoms with Crippen molar-refractivity contribution in [3.05, 3.63) is 26.9 Å². The molecule has 0 radical (unpaired) electrons. The first-order valence-electron chi connectivity index (χ1n) is 4.80. The number of halogens is 1. The molecule has 0 amide bonds. The highest BCUT2D eigenvalue weighted by Gasteiger charge is 2.15. The van der Waals surface area contributed by atoms with Crippen LogP contribution in [0.1, 0.15) is 13.3 Å². The van der Waals surface area contributed by atoms with Crippen molar-refractivity contribution < 1.29 is 4.92 Å². The Kier molecular flexibility index (Phi) is 4.63. The van der Waals surface area contributed by atoms with Gasteiger partial charge in [0.05, 0.1) is 4.92 Å². The van der Waals surface area contributed by atoms with Gasteiger partial charge in [0.1, 0.15) is 0 Å². The Morgan fingerprint density at radius 2 is 2.44 bits per heavy atom. The van der Waals surface area contributed by atoms with Crippen molar-refractivity contribution in [2.45, 2.75) is 19.4 Å². The largest absolute Gasteiger partial charge is 0.364 e. The molecular weight excluding hydrogens is 276 g/mol. The van der Waals surface area contributed by atoms with Crippen LogP contribution >= 0.6 is 15.9 Å². The number of nitrogens with zero attached hydrogens (tertiary/aromatic N) is 2. The van der Waals surface area contributed by atoms with E-state index in [1.165, 1.54) is 12.3 Å². The Labute approximate surface area is 102 Å². The van der Waals surface area contributed by atoms with Gasteiger partial charge in [0.15, 0.2) is 0 Å². The lowest BCUT2D eigenvalue weighted by atomic mass is 10.2. The lowest BCUT2D eigenvalue weighted by Crippen LogP contribution is -2.19. The van der Waals surface area contributed by atoms with Crippen LogP contribution in [0.5, 0.6) is 0 Å². The van der Waals surface area contributed by atoms with Gasteiger partial charge in [-0.1, -0.05) is 0 Å². The fourth-order valence-corrected chi connectivity index (χ4v) is 1.44. The fraction of sp³-hybridized carbons (Fsp3) is 0.444. The second kappa shape index (κ2) is 5.76. The van der Waals surface area contributed by atoms with E-state index in [9.17, 15) is 10.1 Å². The van der Waals surface area contributed by atoms with Crippen LogP contribution in [0, 0.1) is 10.1 Å². The van der Waals surface area contributed by atoms with Crippen LogP contribution in [0.25, 0.3) is 0 Å². The van der Waals surface area contributed by atoms with E-state index < -0.39 is 4.92 Å². The minimum atomic E-state index is -0.466. The maximum Gasteiger partial charge on any atom is 0.312 e. The highest BCUT2D eigenvalue weighted by molar-refractivity contribution is 9.10. The summed E-state index contributed by atoms with van der Waals surface area (Å²) in [6, 6.07) is 1.48. The molecule has 0 fully saturated rings. The zero-order chi connectivity index (χ0) is 12.1. The second-order valence-electron chi connectivity index (χ2n) is 3.47. The summed E-state index contributed by atoms with van der Waals surface area (Å²) < 4.78 is 0.581. The van der Waals surface area contributed by atoms with Gasteiger partial charge in [-0.3, -0.25) is 10.1 Å². The third-order valence-corrected chi connectivity index (χ3v) is 2.36. The molecule has 16 heavy (non-hydrogen) atoms. The number of hydrogen-bond acceptors (Lipinski definition) is 5. The average Bonchev–Trinajstić information content (AvgIpc) is 2.19. The number of rotatable bonds is 5. The maximum atomic E-state index is 10.8. The summed E-state index contributed by atoms with van der Waals surface area (Å²) in [5, 5.41) is 13.7. The normalized spacial score (nSPS) is 12.2. The Morgan fingerprint density at radius 3 is 3.00 bits per heavy atom. The quantitative estimate of drug-likeness (QED) is 0.637. The van der Waals surface area contributed by atoms with E-state index in [2.05, 4.69) is 26.2 Å². The van der Waals surface area contributed by atoms with Gasteiger partial charge in [0.25, 0.3) is 0 Å². The van der Waals surface area contributed by atoms with E-state index in [1.807, 2.05) is 6.92 Å². The summed E-state index contributed by atoms with van der Waals surface area (Å²) in [5.41, 5.74) is 5.53. The van der Waals surface area contributed by atoms with Crippen molar-refractivity contribution in [3.8, 4) is 0 Å². The molecule has 0 aromatic carbocycles. The first kappa shape index (κ1) is 12.9. The van der Waals surface area contributed by atoms with Crippen LogP contribution in [0.4, 0.5) is 11.5 Å². The van der Waals surface area contributed by atoms with E-state index in [0.29, 0.717) is 11.0 Å². The molecule has 0 aliphatic rings. The Bertz CT molecular complexity index is 384. The molecule has 3 N–H and O–H groups in total. The van der Waals surface area contributed by atoms with Gasteiger partial charge in [0.2, 0.25) is 5.82 Å². The maximum absolute atomic E-state index is 10.8. The minimum absolute atomic E-state index is 0.0425. The van der Waals surface area contributed by atoms with Crippen molar-refractivity contribution in [2.75, 3.05) is 11.9 Å². The molecule has 1 aromatic heterocycles. The number of anilines is 1. The Balaban J connectivity index is 2.75. The highest BCUT2D eigenvalue weighted by atomic mass is 79.9. The number of nitro groups is 1. The molecule has 0 saturated heterocycles. The Morgan fingerprint density at radius 1 is 1.75 bits per heavy atom. The van der Waals surface area contributed by atoms with Crippen LogP contribution in [0.3, 0.4) is 0 Å². The monoisotopic (exact) mass is 288 g/mol. The van der Waals surface area contributed by atoms with Crippen molar-refractivity contribution >= 4 is 27.4 Å². The number of pyridine rings is 1. The SMILES string of the molecule is CC(N)CCNc1ncc(Br)cc1[N+](=O)[O-]. The van der Waals surface area contributed by atoms with Crippen LogP contribution in [-0.4, -0.2) is 22.5 Å². The number of hydrogen-bond donors (Lipinski definition) is 2. The molecule has 0 aliphatic heterocycles. The van der Waals surface area contributed by atoms with E-state index in [1.54, 1.807) is 0 Å². The summed E-state index contributed by atoms with van der Waals surface area (Å²) in [4.78, 5) is 14.2. The zero-order valence-electron chi connectivity index (χ0n) is 8.81. The van der Waals surface area contributed by atoms with Gasteiger partial charge < -0.3 is 11.1 Å². The molecule has 1 aromatic rings. The molecule has 1 atom stereocenters.